The zero-order chi connectivity index (χ0) is 20.3. The Hall–Kier alpha value is -3.03. The van der Waals surface area contributed by atoms with E-state index in [1.807, 2.05) is 4.90 Å². The van der Waals surface area contributed by atoms with Gasteiger partial charge in [0.05, 0.1) is 5.69 Å². The van der Waals surface area contributed by atoms with Crippen LogP contribution in [-0.4, -0.2) is 49.4 Å². The molecule has 0 aromatic heterocycles. The molecule has 1 aliphatic rings. The molecule has 3 rings (SSSR count). The first kappa shape index (κ1) is 19.7. The van der Waals surface area contributed by atoms with E-state index in [1.165, 1.54) is 19.1 Å². The highest BCUT2D eigenvalue weighted by atomic mass is 19.2. The number of benzene rings is 2. The lowest BCUT2D eigenvalue weighted by Crippen LogP contribution is -2.52. The van der Waals surface area contributed by atoms with Gasteiger partial charge in [0, 0.05) is 44.9 Å². The third-order valence-electron chi connectivity index (χ3n) is 4.71. The average Bonchev–Trinajstić information content (AvgIpc) is 2.68. The van der Waals surface area contributed by atoms with Crippen LogP contribution in [0.2, 0.25) is 0 Å². The summed E-state index contributed by atoms with van der Waals surface area (Å²) in [6, 6.07) is 9.50. The summed E-state index contributed by atoms with van der Waals surface area (Å²) >= 11 is 0. The smallest absolute Gasteiger partial charge is 0.242 e. The summed E-state index contributed by atoms with van der Waals surface area (Å²) in [6.07, 6.45) is 0. The van der Waals surface area contributed by atoms with Crippen molar-refractivity contribution in [2.45, 2.75) is 6.92 Å². The summed E-state index contributed by atoms with van der Waals surface area (Å²) in [7, 11) is 0. The van der Waals surface area contributed by atoms with Gasteiger partial charge in [-0.2, -0.15) is 0 Å². The number of nitrogens with zero attached hydrogens (tertiary/aromatic N) is 3. The maximum absolute atomic E-state index is 13.9. The van der Waals surface area contributed by atoms with Crippen LogP contribution in [0.25, 0.3) is 0 Å². The second-order valence-electron chi connectivity index (χ2n) is 6.52. The largest absolute Gasteiger partial charge is 0.366 e. The van der Waals surface area contributed by atoms with Crippen LogP contribution in [0, 0.1) is 17.5 Å². The quantitative estimate of drug-likeness (QED) is 0.805. The molecule has 1 aliphatic heterocycles. The van der Waals surface area contributed by atoms with Gasteiger partial charge in [-0.1, -0.05) is 12.1 Å². The fourth-order valence-electron chi connectivity index (χ4n) is 3.18. The second-order valence-corrected chi connectivity index (χ2v) is 6.52. The number of hydrogen-bond donors (Lipinski definition) is 0. The van der Waals surface area contributed by atoms with E-state index in [0.717, 1.165) is 17.0 Å². The Morgan fingerprint density at radius 2 is 1.61 bits per heavy atom. The molecule has 0 N–H and O–H groups in total. The molecule has 2 aromatic rings. The fraction of sp³-hybridized carbons (Fsp3) is 0.300. The van der Waals surface area contributed by atoms with Gasteiger partial charge in [-0.05, 0) is 24.3 Å². The molecule has 0 unspecified atom stereocenters. The Morgan fingerprint density at radius 3 is 2.21 bits per heavy atom. The molecule has 0 atom stereocenters. The molecule has 8 heteroatoms. The number of rotatable bonds is 4. The van der Waals surface area contributed by atoms with Gasteiger partial charge in [-0.15, -0.1) is 0 Å². The molecule has 1 saturated heterocycles. The second kappa shape index (κ2) is 8.33. The van der Waals surface area contributed by atoms with E-state index in [2.05, 4.69) is 0 Å². The molecule has 0 bridgehead atoms. The lowest BCUT2D eigenvalue weighted by atomic mass is 10.2. The first-order valence-electron chi connectivity index (χ1n) is 8.87. The van der Waals surface area contributed by atoms with E-state index in [1.54, 1.807) is 23.1 Å². The molecule has 1 fully saturated rings. The number of piperazine rings is 1. The van der Waals surface area contributed by atoms with Crippen LogP contribution in [0.1, 0.15) is 6.92 Å². The Bertz CT molecular complexity index is 883. The molecule has 0 aliphatic carbocycles. The Morgan fingerprint density at radius 1 is 0.929 bits per heavy atom. The predicted molar refractivity (Wildman–Crippen MR) is 99.6 cm³/mol. The zero-order valence-electron chi connectivity index (χ0n) is 15.4. The third-order valence-corrected chi connectivity index (χ3v) is 4.71. The molecule has 2 aromatic carbocycles. The van der Waals surface area contributed by atoms with Crippen molar-refractivity contribution in [3.8, 4) is 0 Å². The maximum atomic E-state index is 13.9. The number of amides is 2. The van der Waals surface area contributed by atoms with Crippen LogP contribution >= 0.6 is 0 Å². The van der Waals surface area contributed by atoms with Crippen molar-refractivity contribution in [2.24, 2.45) is 0 Å². The van der Waals surface area contributed by atoms with Crippen LogP contribution < -0.4 is 9.80 Å². The van der Waals surface area contributed by atoms with Gasteiger partial charge >= 0.3 is 0 Å². The van der Waals surface area contributed by atoms with Crippen molar-refractivity contribution in [3.63, 3.8) is 0 Å². The number of halogens is 3. The zero-order valence-corrected chi connectivity index (χ0v) is 15.4. The van der Waals surface area contributed by atoms with E-state index in [0.29, 0.717) is 31.9 Å². The van der Waals surface area contributed by atoms with Crippen molar-refractivity contribution in [3.05, 3.63) is 59.9 Å². The van der Waals surface area contributed by atoms with E-state index in [9.17, 15) is 22.8 Å². The minimum Gasteiger partial charge on any atom is -0.366 e. The summed E-state index contributed by atoms with van der Waals surface area (Å²) in [5.74, 6) is -3.20. The summed E-state index contributed by atoms with van der Waals surface area (Å²) in [5, 5.41) is 0. The average molecular weight is 391 g/mol. The number of carbonyl (C=O) groups excluding carboxylic acids is 2. The molecule has 28 heavy (non-hydrogen) atoms. The first-order valence-corrected chi connectivity index (χ1v) is 8.87. The molecule has 5 nitrogen and oxygen atoms in total. The summed E-state index contributed by atoms with van der Waals surface area (Å²) in [4.78, 5) is 29.1. The Labute approximate surface area is 161 Å². The van der Waals surface area contributed by atoms with E-state index in [-0.39, 0.29) is 24.0 Å². The summed E-state index contributed by atoms with van der Waals surface area (Å²) < 4.78 is 40.5. The summed E-state index contributed by atoms with van der Waals surface area (Å²) in [5.41, 5.74) is 0.603. The van der Waals surface area contributed by atoms with Gasteiger partial charge in [0.1, 0.15) is 12.4 Å². The minimum absolute atomic E-state index is 0.116. The normalized spacial score (nSPS) is 14.1. The minimum atomic E-state index is -1.09. The topological polar surface area (TPSA) is 43.9 Å². The fourth-order valence-corrected chi connectivity index (χ4v) is 3.18. The first-order chi connectivity index (χ1) is 13.4. The van der Waals surface area contributed by atoms with Crippen molar-refractivity contribution in [2.75, 3.05) is 42.5 Å². The molecule has 148 valence electrons. The van der Waals surface area contributed by atoms with Gasteiger partial charge in [0.2, 0.25) is 11.8 Å². The number of hydrogen-bond acceptors (Lipinski definition) is 3. The van der Waals surface area contributed by atoms with Crippen LogP contribution in [0.15, 0.2) is 42.5 Å². The van der Waals surface area contributed by atoms with Crippen molar-refractivity contribution in [1.82, 2.24) is 4.90 Å². The Balaban J connectivity index is 1.64. The number of para-hydroxylation sites is 1. The monoisotopic (exact) mass is 391 g/mol. The number of anilines is 2. The van der Waals surface area contributed by atoms with Gasteiger partial charge in [-0.25, -0.2) is 13.2 Å². The molecule has 1 heterocycles. The SMILES string of the molecule is CC(=O)N(CC(=O)N1CCN(c2ccccc2F)CC1)c1ccc(F)c(F)c1. The van der Waals surface area contributed by atoms with Gasteiger partial charge in [-0.3, -0.25) is 9.59 Å². The highest BCUT2D eigenvalue weighted by Crippen LogP contribution is 2.21. The lowest BCUT2D eigenvalue weighted by Gasteiger charge is -2.37. The highest BCUT2D eigenvalue weighted by molar-refractivity contribution is 5.97. The molecule has 2 amide bonds. The Kier molecular flexibility index (Phi) is 5.87. The standard InChI is InChI=1S/C20H20F3N3O2/c1-14(27)26(15-6-7-16(21)18(23)12-15)13-20(28)25-10-8-24(9-11-25)19-5-3-2-4-17(19)22/h2-7,12H,8-11,13H2,1H3. The van der Waals surface area contributed by atoms with Gasteiger partial charge < -0.3 is 14.7 Å². The lowest BCUT2D eigenvalue weighted by molar-refractivity contribution is -0.131. The molecule has 0 saturated carbocycles. The highest BCUT2D eigenvalue weighted by Gasteiger charge is 2.25. The number of carbonyl (C=O) groups is 2. The van der Waals surface area contributed by atoms with Crippen molar-refractivity contribution < 1.29 is 22.8 Å². The van der Waals surface area contributed by atoms with Crippen LogP contribution in [0.5, 0.6) is 0 Å². The van der Waals surface area contributed by atoms with Crippen LogP contribution in [0.4, 0.5) is 24.5 Å². The molecular formula is C20H20F3N3O2. The van der Waals surface area contributed by atoms with E-state index < -0.39 is 17.5 Å². The van der Waals surface area contributed by atoms with Crippen LogP contribution in [0.3, 0.4) is 0 Å². The molecule has 0 spiro atoms. The molecule has 0 radical (unpaired) electrons. The van der Waals surface area contributed by atoms with E-state index in [4.69, 9.17) is 0 Å². The third kappa shape index (κ3) is 4.27. The molecular weight excluding hydrogens is 371 g/mol. The van der Waals surface area contributed by atoms with Crippen molar-refractivity contribution >= 4 is 23.2 Å². The van der Waals surface area contributed by atoms with Gasteiger partial charge in [0.15, 0.2) is 11.6 Å². The maximum Gasteiger partial charge on any atom is 0.242 e. The predicted octanol–water partition coefficient (Wildman–Crippen LogP) is 2.81. The van der Waals surface area contributed by atoms with Crippen LogP contribution in [-0.2, 0) is 9.59 Å². The van der Waals surface area contributed by atoms with Crippen molar-refractivity contribution in [1.29, 1.82) is 0 Å². The summed E-state index contributed by atoms with van der Waals surface area (Å²) in [6.45, 7) is 2.63. The van der Waals surface area contributed by atoms with Gasteiger partial charge in [0.25, 0.3) is 0 Å². The van der Waals surface area contributed by atoms with E-state index >= 15 is 0 Å².